The van der Waals surface area contributed by atoms with Crippen LogP contribution in [0.2, 0.25) is 18.1 Å². The Morgan fingerprint density at radius 3 is 2.21 bits per heavy atom. The van der Waals surface area contributed by atoms with Crippen molar-refractivity contribution in [2.45, 2.75) is 84.8 Å². The SMILES string of the molecule is Cn1cnc2c(-c3ccc(OC(F)(F)F)cc3)cc(CNC(=O)OC(C)(C)C)c(CO[Si](C)(C)C(C)(C)C)c21. The lowest BCUT2D eigenvalue weighted by Gasteiger charge is -2.36. The first-order chi connectivity index (χ1) is 17.8. The number of imidazole rings is 1. The molecule has 0 atom stereocenters. The molecular formula is C28H38F3N3O4Si. The molecule has 0 fully saturated rings. The molecule has 0 saturated carbocycles. The van der Waals surface area contributed by atoms with Crippen LogP contribution in [0, 0.1) is 0 Å². The van der Waals surface area contributed by atoms with Crippen molar-refractivity contribution in [2.75, 3.05) is 0 Å². The van der Waals surface area contributed by atoms with Crippen LogP contribution in [0.4, 0.5) is 18.0 Å². The summed E-state index contributed by atoms with van der Waals surface area (Å²) in [6.07, 6.45) is -3.64. The number of carbonyl (C=O) groups excluding carboxylic acids is 1. The van der Waals surface area contributed by atoms with Crippen molar-refractivity contribution in [3.8, 4) is 16.9 Å². The Balaban J connectivity index is 2.09. The zero-order valence-electron chi connectivity index (χ0n) is 24.0. The van der Waals surface area contributed by atoms with Crippen LogP contribution in [0.3, 0.4) is 0 Å². The topological polar surface area (TPSA) is 74.6 Å². The van der Waals surface area contributed by atoms with Gasteiger partial charge in [-0.15, -0.1) is 13.2 Å². The predicted molar refractivity (Wildman–Crippen MR) is 148 cm³/mol. The van der Waals surface area contributed by atoms with Crippen molar-refractivity contribution in [2.24, 2.45) is 7.05 Å². The fraction of sp³-hybridized carbons (Fsp3) is 0.500. The Bertz CT molecular complexity index is 1320. The van der Waals surface area contributed by atoms with E-state index in [-0.39, 0.29) is 17.3 Å². The number of carbonyl (C=O) groups is 1. The number of nitrogens with zero attached hydrogens (tertiary/aromatic N) is 2. The van der Waals surface area contributed by atoms with E-state index in [9.17, 15) is 18.0 Å². The standard InChI is InChI=1S/C28H38F3N3O4Si/c1-26(2,3)38-25(35)32-15-19-14-21(18-10-12-20(13-11-18)37-28(29,30)31)23-24(34(7)17-33-23)22(19)16-36-39(8,9)27(4,5)6/h10-14,17H,15-16H2,1-9H3,(H,32,35). The Labute approximate surface area is 228 Å². The Hall–Kier alpha value is -3.05. The number of alkyl carbamates (subject to hydrolysis) is 1. The van der Waals surface area contributed by atoms with Crippen LogP contribution in [0.5, 0.6) is 5.75 Å². The number of rotatable bonds is 7. The van der Waals surface area contributed by atoms with E-state index >= 15 is 0 Å². The minimum absolute atomic E-state index is 0.00628. The number of ether oxygens (including phenoxy) is 2. The molecule has 1 aromatic heterocycles. The van der Waals surface area contributed by atoms with Crippen LogP contribution in [0.15, 0.2) is 36.7 Å². The summed E-state index contributed by atoms with van der Waals surface area (Å²) in [6.45, 7) is 16.7. The smallest absolute Gasteiger partial charge is 0.444 e. The molecular weight excluding hydrogens is 527 g/mol. The predicted octanol–water partition coefficient (Wildman–Crippen LogP) is 7.69. The molecule has 214 valence electrons. The van der Waals surface area contributed by atoms with Gasteiger partial charge in [0.05, 0.1) is 24.0 Å². The van der Waals surface area contributed by atoms with Gasteiger partial charge in [-0.2, -0.15) is 0 Å². The number of aromatic nitrogens is 2. The van der Waals surface area contributed by atoms with E-state index in [4.69, 9.17) is 9.16 Å². The second-order valence-electron chi connectivity index (χ2n) is 12.1. The molecule has 0 aliphatic carbocycles. The van der Waals surface area contributed by atoms with E-state index < -0.39 is 26.4 Å². The van der Waals surface area contributed by atoms with Gasteiger partial charge in [-0.3, -0.25) is 0 Å². The third kappa shape index (κ3) is 7.75. The molecule has 39 heavy (non-hydrogen) atoms. The molecule has 3 rings (SSSR count). The fourth-order valence-electron chi connectivity index (χ4n) is 3.79. The first kappa shape index (κ1) is 30.5. The summed E-state index contributed by atoms with van der Waals surface area (Å²) in [4.78, 5) is 17.1. The summed E-state index contributed by atoms with van der Waals surface area (Å²) < 4.78 is 55.9. The van der Waals surface area contributed by atoms with E-state index in [0.717, 1.165) is 16.6 Å². The van der Waals surface area contributed by atoms with Crippen molar-refractivity contribution < 1.29 is 31.9 Å². The lowest BCUT2D eigenvalue weighted by molar-refractivity contribution is -0.274. The lowest BCUT2D eigenvalue weighted by atomic mass is 9.96. The normalized spacial score (nSPS) is 13.0. The molecule has 0 radical (unpaired) electrons. The molecule has 1 amide bonds. The number of halogens is 3. The van der Waals surface area contributed by atoms with Crippen molar-refractivity contribution in [3.05, 3.63) is 47.8 Å². The summed E-state index contributed by atoms with van der Waals surface area (Å²) in [6, 6.07) is 7.55. The van der Waals surface area contributed by atoms with Gasteiger partial charge >= 0.3 is 12.5 Å². The average molecular weight is 566 g/mol. The highest BCUT2D eigenvalue weighted by Crippen LogP contribution is 2.39. The summed E-state index contributed by atoms with van der Waals surface area (Å²) in [7, 11) is -0.247. The van der Waals surface area contributed by atoms with Gasteiger partial charge < -0.3 is 23.8 Å². The van der Waals surface area contributed by atoms with Crippen LogP contribution in [-0.2, 0) is 29.4 Å². The zero-order chi connectivity index (χ0) is 29.4. The maximum absolute atomic E-state index is 12.7. The van der Waals surface area contributed by atoms with Crippen molar-refractivity contribution in [1.29, 1.82) is 0 Å². The Morgan fingerprint density at radius 1 is 1.05 bits per heavy atom. The highest BCUT2D eigenvalue weighted by Gasteiger charge is 2.37. The monoisotopic (exact) mass is 565 g/mol. The molecule has 0 aliphatic heterocycles. The third-order valence-electron chi connectivity index (χ3n) is 6.79. The maximum Gasteiger partial charge on any atom is 0.573 e. The molecule has 0 bridgehead atoms. The summed E-state index contributed by atoms with van der Waals surface area (Å²) in [5.41, 5.74) is 3.88. The average Bonchev–Trinajstić information content (AvgIpc) is 3.15. The van der Waals surface area contributed by atoms with Gasteiger partial charge in [-0.1, -0.05) is 32.9 Å². The van der Waals surface area contributed by atoms with Gasteiger partial charge in [0.1, 0.15) is 11.4 Å². The number of amides is 1. The minimum atomic E-state index is -4.78. The van der Waals surface area contributed by atoms with Gasteiger partial charge in [0.15, 0.2) is 8.32 Å². The van der Waals surface area contributed by atoms with Crippen LogP contribution < -0.4 is 10.1 Å². The quantitative estimate of drug-likeness (QED) is 0.297. The summed E-state index contributed by atoms with van der Waals surface area (Å²) >= 11 is 0. The van der Waals surface area contributed by atoms with Crippen LogP contribution in [0.25, 0.3) is 22.2 Å². The van der Waals surface area contributed by atoms with E-state index in [0.29, 0.717) is 23.3 Å². The molecule has 11 heteroatoms. The number of nitrogens with one attached hydrogen (secondary N) is 1. The molecule has 3 aromatic rings. The zero-order valence-corrected chi connectivity index (χ0v) is 25.0. The molecule has 0 saturated heterocycles. The number of hydrogen-bond donors (Lipinski definition) is 1. The third-order valence-corrected chi connectivity index (χ3v) is 11.3. The number of fused-ring (bicyclic) bond motifs is 1. The highest BCUT2D eigenvalue weighted by atomic mass is 28.4. The lowest BCUT2D eigenvalue weighted by Crippen LogP contribution is -2.40. The van der Waals surface area contributed by atoms with Gasteiger partial charge in [-0.05, 0) is 68.2 Å². The van der Waals surface area contributed by atoms with Gasteiger partial charge in [0, 0.05) is 24.7 Å². The van der Waals surface area contributed by atoms with Crippen molar-refractivity contribution in [3.63, 3.8) is 0 Å². The van der Waals surface area contributed by atoms with Crippen molar-refractivity contribution >= 4 is 25.4 Å². The van der Waals surface area contributed by atoms with Crippen LogP contribution >= 0.6 is 0 Å². The first-order valence-corrected chi connectivity index (χ1v) is 15.6. The second kappa shape index (κ2) is 10.8. The Morgan fingerprint density at radius 2 is 1.67 bits per heavy atom. The van der Waals surface area contributed by atoms with Gasteiger partial charge in [0.2, 0.25) is 0 Å². The van der Waals surface area contributed by atoms with Crippen LogP contribution in [0.1, 0.15) is 52.7 Å². The Kier molecular flexibility index (Phi) is 8.48. The number of hydrogen-bond acceptors (Lipinski definition) is 5. The van der Waals surface area contributed by atoms with E-state index in [1.54, 1.807) is 39.2 Å². The number of alkyl halides is 3. The maximum atomic E-state index is 12.7. The van der Waals surface area contributed by atoms with E-state index in [1.807, 2.05) is 17.7 Å². The van der Waals surface area contributed by atoms with Crippen molar-refractivity contribution in [1.82, 2.24) is 14.9 Å². The molecule has 0 spiro atoms. The molecule has 0 unspecified atom stereocenters. The number of benzene rings is 2. The van der Waals surface area contributed by atoms with Crippen LogP contribution in [-0.4, -0.2) is 35.9 Å². The molecule has 2 aromatic carbocycles. The summed E-state index contributed by atoms with van der Waals surface area (Å²) in [5, 5.41) is 2.83. The van der Waals surface area contributed by atoms with Gasteiger partial charge in [0.25, 0.3) is 0 Å². The molecule has 1 N–H and O–H groups in total. The van der Waals surface area contributed by atoms with E-state index in [1.165, 1.54) is 12.1 Å². The summed E-state index contributed by atoms with van der Waals surface area (Å²) in [5.74, 6) is -0.310. The second-order valence-corrected chi connectivity index (χ2v) is 16.9. The first-order valence-electron chi connectivity index (χ1n) is 12.7. The number of aryl methyl sites for hydroxylation is 1. The molecule has 1 heterocycles. The molecule has 0 aliphatic rings. The largest absolute Gasteiger partial charge is 0.573 e. The highest BCUT2D eigenvalue weighted by molar-refractivity contribution is 6.74. The fourth-order valence-corrected chi connectivity index (χ4v) is 4.73. The molecule has 7 nitrogen and oxygen atoms in total. The minimum Gasteiger partial charge on any atom is -0.444 e. The van der Waals surface area contributed by atoms with Gasteiger partial charge in [-0.25, -0.2) is 9.78 Å². The van der Waals surface area contributed by atoms with E-state index in [2.05, 4.69) is 48.9 Å².